The lowest BCUT2D eigenvalue weighted by atomic mass is 9.98. The SMILES string of the molecule is NC(=O)c1ccc[n+]([C@@H]2O[C@H](COP(=O)([O-])OCc3cn(CCCCC(=O)NC(c4ccccc4)c4ccccc4)nn3)[C@@H](O)[C@H]2O)c1. The predicted molar refractivity (Wildman–Crippen MR) is 166 cm³/mol. The maximum absolute atomic E-state index is 12.8. The van der Waals surface area contributed by atoms with Crippen molar-refractivity contribution in [2.75, 3.05) is 6.61 Å². The molecule has 2 amide bonds. The molecule has 0 saturated carbocycles. The van der Waals surface area contributed by atoms with E-state index in [2.05, 4.69) is 15.6 Å². The van der Waals surface area contributed by atoms with Gasteiger partial charge >= 0.3 is 0 Å². The molecule has 0 bridgehead atoms. The van der Waals surface area contributed by atoms with Gasteiger partial charge in [0.05, 0.1) is 18.8 Å². The highest BCUT2D eigenvalue weighted by atomic mass is 31.2. The molecule has 2 aromatic carbocycles. The summed E-state index contributed by atoms with van der Waals surface area (Å²) < 4.78 is 30.7. The lowest BCUT2D eigenvalue weighted by Gasteiger charge is -2.24. The molecule has 254 valence electrons. The van der Waals surface area contributed by atoms with Gasteiger partial charge in [-0.3, -0.25) is 18.8 Å². The molecule has 5 rings (SSSR count). The third-order valence-corrected chi connectivity index (χ3v) is 8.61. The van der Waals surface area contributed by atoms with E-state index >= 15 is 0 Å². The lowest BCUT2D eigenvalue weighted by molar-refractivity contribution is -0.765. The highest BCUT2D eigenvalue weighted by Gasteiger charge is 2.48. The molecule has 3 heterocycles. The number of aryl methyl sites for hydroxylation is 1. The number of nitrogens with one attached hydrogen (secondary N) is 1. The number of nitrogens with zero attached hydrogens (tertiary/aromatic N) is 4. The van der Waals surface area contributed by atoms with Gasteiger partial charge in [0.1, 0.15) is 30.1 Å². The number of ether oxygens (including phenoxy) is 1. The summed E-state index contributed by atoms with van der Waals surface area (Å²) in [6, 6.07) is 22.2. The summed E-state index contributed by atoms with van der Waals surface area (Å²) in [6.07, 6.45) is 0.637. The molecule has 15 nitrogen and oxygen atoms in total. The minimum Gasteiger partial charge on any atom is -0.756 e. The van der Waals surface area contributed by atoms with Crippen LogP contribution in [0.4, 0.5) is 0 Å². The Labute approximate surface area is 276 Å². The summed E-state index contributed by atoms with van der Waals surface area (Å²) in [5.41, 5.74) is 7.65. The number of hydrogen-bond donors (Lipinski definition) is 4. The number of nitrogens with two attached hydrogens (primary N) is 1. The molecule has 0 radical (unpaired) electrons. The molecule has 1 unspecified atom stereocenters. The molecule has 4 aromatic rings. The van der Waals surface area contributed by atoms with Gasteiger partial charge in [0.15, 0.2) is 18.5 Å². The highest BCUT2D eigenvalue weighted by molar-refractivity contribution is 7.45. The summed E-state index contributed by atoms with van der Waals surface area (Å²) in [6.45, 7) is -0.630. The van der Waals surface area contributed by atoms with Crippen LogP contribution in [0.1, 0.15) is 58.7 Å². The van der Waals surface area contributed by atoms with Crippen LogP contribution in [0.2, 0.25) is 0 Å². The average molecular weight is 681 g/mol. The smallest absolute Gasteiger partial charge is 0.292 e. The number of aromatic nitrogens is 4. The maximum Gasteiger partial charge on any atom is 0.292 e. The van der Waals surface area contributed by atoms with E-state index in [4.69, 9.17) is 19.5 Å². The largest absolute Gasteiger partial charge is 0.756 e. The van der Waals surface area contributed by atoms with Crippen molar-refractivity contribution in [3.8, 4) is 0 Å². The zero-order valence-electron chi connectivity index (χ0n) is 25.9. The van der Waals surface area contributed by atoms with Crippen LogP contribution in [0.3, 0.4) is 0 Å². The van der Waals surface area contributed by atoms with Gasteiger partial charge in [-0.2, -0.15) is 4.57 Å². The summed E-state index contributed by atoms with van der Waals surface area (Å²) in [5, 5.41) is 31.9. The Morgan fingerprint density at radius 3 is 2.38 bits per heavy atom. The van der Waals surface area contributed by atoms with E-state index < -0.39 is 51.5 Å². The van der Waals surface area contributed by atoms with Crippen LogP contribution in [0.25, 0.3) is 0 Å². The van der Waals surface area contributed by atoms with Crippen molar-refractivity contribution in [3.05, 3.63) is 114 Å². The number of hydrogen-bond acceptors (Lipinski definition) is 11. The molecule has 0 aliphatic carbocycles. The first kappa shape index (κ1) is 35.0. The van der Waals surface area contributed by atoms with E-state index in [9.17, 15) is 29.3 Å². The van der Waals surface area contributed by atoms with E-state index in [0.29, 0.717) is 25.8 Å². The molecule has 16 heteroatoms. The second kappa shape index (κ2) is 16.2. The lowest BCUT2D eigenvalue weighted by Crippen LogP contribution is -2.46. The molecule has 0 spiro atoms. The number of phosphoric acid groups is 1. The number of unbranched alkanes of at least 4 members (excludes halogenated alkanes) is 1. The fourth-order valence-electron chi connectivity index (χ4n) is 5.21. The number of aliphatic hydroxyl groups excluding tert-OH is 2. The Balaban J connectivity index is 1.03. The zero-order chi connectivity index (χ0) is 34.1. The summed E-state index contributed by atoms with van der Waals surface area (Å²) in [4.78, 5) is 36.7. The van der Waals surface area contributed by atoms with Crippen molar-refractivity contribution in [3.63, 3.8) is 0 Å². The van der Waals surface area contributed by atoms with Gasteiger partial charge in [-0.15, -0.1) is 5.10 Å². The first-order chi connectivity index (χ1) is 23.1. The number of benzene rings is 2. The van der Waals surface area contributed by atoms with Gasteiger partial charge in [-0.1, -0.05) is 65.9 Å². The normalized spacial score (nSPS) is 20.4. The van der Waals surface area contributed by atoms with E-state index in [1.165, 1.54) is 40.0 Å². The number of primary amides is 1. The van der Waals surface area contributed by atoms with Gasteiger partial charge in [0, 0.05) is 19.0 Å². The minimum absolute atomic E-state index is 0.0804. The molecular formula is C32H37N6O9P. The molecule has 1 aliphatic rings. The monoisotopic (exact) mass is 680 g/mol. The third kappa shape index (κ3) is 9.39. The summed E-state index contributed by atoms with van der Waals surface area (Å²) in [5.74, 6) is -0.776. The number of carbonyl (C=O) groups excluding carboxylic acids is 2. The quantitative estimate of drug-likeness (QED) is 0.0746. The Morgan fingerprint density at radius 2 is 1.71 bits per heavy atom. The maximum atomic E-state index is 12.8. The minimum atomic E-state index is -4.87. The average Bonchev–Trinajstić information content (AvgIpc) is 3.67. The predicted octanol–water partition coefficient (Wildman–Crippen LogP) is 1.06. The molecule has 1 fully saturated rings. The number of rotatable bonds is 16. The molecular weight excluding hydrogens is 643 g/mol. The second-order valence-electron chi connectivity index (χ2n) is 11.2. The first-order valence-electron chi connectivity index (χ1n) is 15.3. The van der Waals surface area contributed by atoms with Crippen LogP contribution < -0.4 is 20.5 Å². The van der Waals surface area contributed by atoms with Crippen LogP contribution in [0.15, 0.2) is 91.4 Å². The third-order valence-electron chi connectivity index (χ3n) is 7.70. The van der Waals surface area contributed by atoms with E-state index in [0.717, 1.165) is 11.1 Å². The Kier molecular flexibility index (Phi) is 11.8. The van der Waals surface area contributed by atoms with Crippen LogP contribution in [0, 0.1) is 0 Å². The van der Waals surface area contributed by atoms with Crippen molar-refractivity contribution < 1.29 is 47.6 Å². The summed E-state index contributed by atoms with van der Waals surface area (Å²) >= 11 is 0. The number of aliphatic hydroxyl groups is 2. The van der Waals surface area contributed by atoms with Gasteiger partial charge in [0.25, 0.3) is 20.0 Å². The Bertz CT molecular complexity index is 1670. The van der Waals surface area contributed by atoms with E-state index in [-0.39, 0.29) is 23.2 Å². The highest BCUT2D eigenvalue weighted by Crippen LogP contribution is 2.40. The zero-order valence-corrected chi connectivity index (χ0v) is 26.7. The van der Waals surface area contributed by atoms with Crippen molar-refractivity contribution in [1.29, 1.82) is 0 Å². The number of amides is 2. The second-order valence-corrected chi connectivity index (χ2v) is 12.6. The topological polar surface area (TPSA) is 215 Å². The van der Waals surface area contributed by atoms with Crippen LogP contribution in [0.5, 0.6) is 0 Å². The fourth-order valence-corrected chi connectivity index (χ4v) is 5.91. The van der Waals surface area contributed by atoms with Crippen LogP contribution in [-0.4, -0.2) is 61.9 Å². The van der Waals surface area contributed by atoms with Crippen molar-refractivity contribution in [1.82, 2.24) is 20.3 Å². The first-order valence-corrected chi connectivity index (χ1v) is 16.8. The number of pyridine rings is 1. The van der Waals surface area contributed by atoms with Crippen molar-refractivity contribution in [2.45, 2.75) is 63.0 Å². The molecule has 2 aromatic heterocycles. The fraction of sp³-hybridized carbons (Fsp3) is 0.344. The van der Waals surface area contributed by atoms with Crippen molar-refractivity contribution in [2.24, 2.45) is 5.73 Å². The molecule has 48 heavy (non-hydrogen) atoms. The van der Waals surface area contributed by atoms with Gasteiger partial charge in [0.2, 0.25) is 5.91 Å². The van der Waals surface area contributed by atoms with Gasteiger partial charge in [-0.05, 0) is 30.0 Å². The Morgan fingerprint density at radius 1 is 1.02 bits per heavy atom. The summed E-state index contributed by atoms with van der Waals surface area (Å²) in [7, 11) is -4.87. The standard InChI is InChI=1S/C32H37N6O9P/c33-31(42)24-14-9-16-37(18-24)32-30(41)29(40)26(47-32)21-46-48(43,44)45-20-25-19-38(36-35-25)17-8-7-15-27(39)34-28(22-10-3-1-4-11-22)23-12-5-2-6-13-23/h1-6,9-14,16,18-19,26,28-30,32,40-41H,7-8,15,17,20-21H2,(H3-,33,34,39,42,43,44)/t26-,29-,30-,32-/m1/s1. The van der Waals surface area contributed by atoms with E-state index in [1.807, 2.05) is 60.7 Å². The van der Waals surface area contributed by atoms with Crippen LogP contribution in [-0.2, 0) is 36.3 Å². The Hall–Kier alpha value is -4.34. The molecule has 1 saturated heterocycles. The van der Waals surface area contributed by atoms with Crippen molar-refractivity contribution >= 4 is 19.6 Å². The van der Waals surface area contributed by atoms with Gasteiger partial charge in [-0.25, -0.2) is 0 Å². The molecule has 5 N–H and O–H groups in total. The van der Waals surface area contributed by atoms with Crippen LogP contribution >= 0.6 is 7.82 Å². The van der Waals surface area contributed by atoms with E-state index in [1.54, 1.807) is 0 Å². The van der Waals surface area contributed by atoms with Gasteiger partial charge < -0.3 is 39.9 Å². The number of carbonyl (C=O) groups is 2. The molecule has 5 atom stereocenters. The number of phosphoric ester groups is 1. The molecule has 1 aliphatic heterocycles.